The summed E-state index contributed by atoms with van der Waals surface area (Å²) in [6, 6.07) is 7.36. The second-order valence-electron chi connectivity index (χ2n) is 6.12. The van der Waals surface area contributed by atoms with E-state index in [1.807, 2.05) is 39.0 Å². The van der Waals surface area contributed by atoms with Crippen molar-refractivity contribution in [2.75, 3.05) is 7.11 Å². The minimum atomic E-state index is -0.811. The van der Waals surface area contributed by atoms with Crippen molar-refractivity contribution < 1.29 is 14.3 Å². The Bertz CT molecular complexity index is 738. The molecule has 3 heterocycles. The molecule has 0 spiro atoms. The van der Waals surface area contributed by atoms with Crippen molar-refractivity contribution in [3.8, 4) is 11.8 Å². The lowest BCUT2D eigenvalue weighted by molar-refractivity contribution is -0.151. The lowest BCUT2D eigenvalue weighted by atomic mass is 9.71. The van der Waals surface area contributed by atoms with Gasteiger partial charge in [0, 0.05) is 22.7 Å². The average molecular weight is 333 g/mol. The van der Waals surface area contributed by atoms with Crippen molar-refractivity contribution in [2.24, 2.45) is 5.41 Å². The summed E-state index contributed by atoms with van der Waals surface area (Å²) < 4.78 is 10.8. The van der Waals surface area contributed by atoms with Gasteiger partial charge in [-0.2, -0.15) is 0 Å². The fraction of sp³-hybridized carbons (Fsp3) is 0.353. The van der Waals surface area contributed by atoms with Gasteiger partial charge in [0.05, 0.1) is 12.5 Å². The summed E-state index contributed by atoms with van der Waals surface area (Å²) in [7, 11) is 1.39. The lowest BCUT2D eigenvalue weighted by Crippen LogP contribution is -2.35. The zero-order valence-corrected chi connectivity index (χ0v) is 14.1. The van der Waals surface area contributed by atoms with Crippen LogP contribution in [0.25, 0.3) is 0 Å². The first-order chi connectivity index (χ1) is 10.8. The number of hydrogen-bond acceptors (Lipinski definition) is 5. The third-order valence-corrected chi connectivity index (χ3v) is 4.34. The topological polar surface area (TPSA) is 61.3 Å². The Hall–Kier alpha value is -2.14. The monoisotopic (exact) mass is 332 g/mol. The molecule has 1 aliphatic heterocycles. The molecule has 5 nitrogen and oxygen atoms in total. The van der Waals surface area contributed by atoms with E-state index in [9.17, 15) is 4.79 Å². The van der Waals surface area contributed by atoms with E-state index in [0.717, 1.165) is 16.8 Å². The second-order valence-corrected chi connectivity index (χ2v) is 6.51. The number of carbonyl (C=O) groups is 1. The first-order valence-corrected chi connectivity index (χ1v) is 7.62. The van der Waals surface area contributed by atoms with Crippen LogP contribution in [0.4, 0.5) is 0 Å². The molecule has 1 atom stereocenters. The van der Waals surface area contributed by atoms with E-state index in [-0.39, 0.29) is 11.9 Å². The Labute approximate surface area is 139 Å². The molecular weight excluding hydrogens is 316 g/mol. The summed E-state index contributed by atoms with van der Waals surface area (Å²) in [4.78, 5) is 21.0. The number of aromatic nitrogens is 2. The third kappa shape index (κ3) is 2.55. The highest BCUT2D eigenvalue weighted by Gasteiger charge is 2.45. The molecular formula is C17H17ClN2O3. The van der Waals surface area contributed by atoms with Gasteiger partial charge < -0.3 is 9.47 Å². The Morgan fingerprint density at radius 3 is 2.43 bits per heavy atom. The van der Waals surface area contributed by atoms with Gasteiger partial charge >= 0.3 is 5.97 Å². The Morgan fingerprint density at radius 1 is 1.17 bits per heavy atom. The molecule has 1 unspecified atom stereocenters. The molecule has 2 aromatic heterocycles. The predicted octanol–water partition coefficient (Wildman–Crippen LogP) is 3.88. The summed E-state index contributed by atoms with van der Waals surface area (Å²) in [5, 5.41) is 0.328. The van der Waals surface area contributed by atoms with E-state index in [2.05, 4.69) is 9.97 Å². The number of nitrogens with zero attached hydrogens (tertiary/aromatic N) is 2. The fourth-order valence-corrected chi connectivity index (χ4v) is 3.13. The van der Waals surface area contributed by atoms with Crippen molar-refractivity contribution in [2.45, 2.75) is 26.7 Å². The number of esters is 1. The van der Waals surface area contributed by atoms with Gasteiger partial charge in [-0.15, -0.1) is 0 Å². The molecule has 0 saturated heterocycles. The molecule has 0 aliphatic carbocycles. The van der Waals surface area contributed by atoms with E-state index < -0.39 is 5.41 Å². The highest BCUT2D eigenvalue weighted by molar-refractivity contribution is 6.29. The minimum absolute atomic E-state index is 0.286. The van der Waals surface area contributed by atoms with Gasteiger partial charge in [-0.25, -0.2) is 9.97 Å². The summed E-state index contributed by atoms with van der Waals surface area (Å²) in [5.74, 6) is 0.239. The van der Waals surface area contributed by atoms with Crippen molar-refractivity contribution in [1.29, 1.82) is 0 Å². The van der Waals surface area contributed by atoms with Gasteiger partial charge in [0.1, 0.15) is 5.15 Å². The van der Waals surface area contributed by atoms with Crippen LogP contribution in [-0.2, 0) is 9.53 Å². The van der Waals surface area contributed by atoms with E-state index in [0.29, 0.717) is 16.9 Å². The maximum atomic E-state index is 12.4. The van der Waals surface area contributed by atoms with Gasteiger partial charge in [-0.05, 0) is 39.0 Å². The molecule has 0 fully saturated rings. The third-order valence-electron chi connectivity index (χ3n) is 4.13. The van der Waals surface area contributed by atoms with Gasteiger partial charge in [0.25, 0.3) is 0 Å². The Balaban J connectivity index is 2.24. The number of pyridine rings is 2. The number of hydrogen-bond donors (Lipinski definition) is 0. The highest BCUT2D eigenvalue weighted by Crippen LogP contribution is 2.51. The van der Waals surface area contributed by atoms with Crippen LogP contribution in [0, 0.1) is 12.3 Å². The van der Waals surface area contributed by atoms with E-state index in [1.54, 1.807) is 6.07 Å². The summed E-state index contributed by atoms with van der Waals surface area (Å²) in [6.45, 7) is 5.57. The molecule has 3 rings (SSSR count). The van der Waals surface area contributed by atoms with Crippen molar-refractivity contribution in [3.05, 3.63) is 46.2 Å². The predicted molar refractivity (Wildman–Crippen MR) is 85.9 cm³/mol. The first kappa shape index (κ1) is 15.7. The molecule has 6 heteroatoms. The Kier molecular flexibility index (Phi) is 3.76. The highest BCUT2D eigenvalue weighted by atomic mass is 35.5. The van der Waals surface area contributed by atoms with Crippen molar-refractivity contribution >= 4 is 17.6 Å². The molecule has 23 heavy (non-hydrogen) atoms. The average Bonchev–Trinajstić information content (AvgIpc) is 2.51. The molecule has 0 saturated carbocycles. The molecule has 120 valence electrons. The van der Waals surface area contributed by atoms with Crippen LogP contribution in [0.3, 0.4) is 0 Å². The molecule has 0 radical (unpaired) electrons. The number of halogens is 1. The summed E-state index contributed by atoms with van der Waals surface area (Å²) in [5.41, 5.74) is 1.64. The molecule has 2 aromatic rings. The molecule has 0 amide bonds. The molecule has 0 bridgehead atoms. The molecule has 0 aromatic carbocycles. The first-order valence-electron chi connectivity index (χ1n) is 7.25. The van der Waals surface area contributed by atoms with Crippen LogP contribution < -0.4 is 4.74 Å². The van der Waals surface area contributed by atoms with Crippen molar-refractivity contribution in [3.63, 3.8) is 0 Å². The Morgan fingerprint density at radius 2 is 1.78 bits per heavy atom. The van der Waals surface area contributed by atoms with Gasteiger partial charge in [0.15, 0.2) is 0 Å². The zero-order chi connectivity index (χ0) is 16.8. The normalized spacial score (nSPS) is 16.1. The quantitative estimate of drug-likeness (QED) is 0.617. The standard InChI is InChI=1S/C17H17ClN2O3/c1-9-5-6-10-13(17(2,3)16(21)22-4)11-7-8-12(18)20-15(11)23-14(10)19-9/h5-8,13H,1-4H3. The lowest BCUT2D eigenvalue weighted by Gasteiger charge is -2.36. The maximum absolute atomic E-state index is 12.4. The van der Waals surface area contributed by atoms with Crippen LogP contribution in [-0.4, -0.2) is 23.0 Å². The van der Waals surface area contributed by atoms with Gasteiger partial charge in [-0.1, -0.05) is 17.7 Å². The SMILES string of the molecule is COC(=O)C(C)(C)C1c2ccc(C)nc2Oc2nc(Cl)ccc21. The van der Waals surface area contributed by atoms with Crippen LogP contribution in [0.2, 0.25) is 5.15 Å². The number of carbonyl (C=O) groups excluding carboxylic acids is 1. The summed E-state index contributed by atoms with van der Waals surface area (Å²) >= 11 is 5.98. The molecule has 0 N–H and O–H groups in total. The second kappa shape index (κ2) is 5.49. The van der Waals surface area contributed by atoms with Crippen LogP contribution >= 0.6 is 11.6 Å². The molecule has 1 aliphatic rings. The van der Waals surface area contributed by atoms with Crippen LogP contribution in [0.5, 0.6) is 11.8 Å². The smallest absolute Gasteiger partial charge is 0.312 e. The summed E-state index contributed by atoms with van der Waals surface area (Å²) in [6.07, 6.45) is 0. The maximum Gasteiger partial charge on any atom is 0.312 e. The number of methoxy groups -OCH3 is 1. The van der Waals surface area contributed by atoms with Crippen molar-refractivity contribution in [1.82, 2.24) is 9.97 Å². The number of rotatable bonds is 2. The fourth-order valence-electron chi connectivity index (χ4n) is 2.99. The van der Waals surface area contributed by atoms with Gasteiger partial charge in [-0.3, -0.25) is 4.79 Å². The number of fused-ring (bicyclic) bond motifs is 2. The van der Waals surface area contributed by atoms with Crippen LogP contribution in [0.15, 0.2) is 24.3 Å². The van der Waals surface area contributed by atoms with E-state index in [1.165, 1.54) is 7.11 Å². The van der Waals surface area contributed by atoms with Crippen LogP contribution in [0.1, 0.15) is 36.6 Å². The minimum Gasteiger partial charge on any atom is -0.469 e. The largest absolute Gasteiger partial charge is 0.469 e. The number of ether oxygens (including phenoxy) is 2. The van der Waals surface area contributed by atoms with Gasteiger partial charge in [0.2, 0.25) is 11.8 Å². The zero-order valence-electron chi connectivity index (χ0n) is 13.4. The number of aryl methyl sites for hydroxylation is 1. The van der Waals surface area contributed by atoms with E-state index >= 15 is 0 Å². The van der Waals surface area contributed by atoms with E-state index in [4.69, 9.17) is 21.1 Å².